The molecule has 0 radical (unpaired) electrons. The molecule has 24 heteroatoms. The molecule has 3 saturated heterocycles. The van der Waals surface area contributed by atoms with Crippen molar-refractivity contribution < 1.29 is 96.9 Å². The maximum Gasteiger partial charge on any atom is 0.325 e. The fraction of sp³-hybridized carbons (Fsp3) is 0.914. The maximum atomic E-state index is 12.1. The number of rotatable bonds is 24. The van der Waals surface area contributed by atoms with Gasteiger partial charge in [0.05, 0.1) is 26.4 Å². The minimum absolute atomic E-state index is 0.0238. The van der Waals surface area contributed by atoms with Gasteiger partial charge in [-0.15, -0.1) is 0 Å². The van der Waals surface area contributed by atoms with Gasteiger partial charge in [0.1, 0.15) is 73.1 Å². The second kappa shape index (κ2) is 25.2. The third-order valence-corrected chi connectivity index (χ3v) is 10.3. The first-order valence-electron chi connectivity index (χ1n) is 19.6. The van der Waals surface area contributed by atoms with Gasteiger partial charge in [-0.3, -0.25) is 18.9 Å². The number of aliphatic hydroxyl groups excluding tert-OH is 6. The lowest BCUT2D eigenvalue weighted by atomic mass is 9.95. The lowest BCUT2D eigenvalue weighted by Gasteiger charge is -2.46. The van der Waals surface area contributed by atoms with E-state index in [-0.39, 0.29) is 26.4 Å². The lowest BCUT2D eigenvalue weighted by Crippen LogP contribution is -2.67. The van der Waals surface area contributed by atoms with Crippen LogP contribution in [0.1, 0.15) is 52.9 Å². The summed E-state index contributed by atoms with van der Waals surface area (Å²) in [5, 5.41) is 73.4. The van der Waals surface area contributed by atoms with Gasteiger partial charge in [0.25, 0.3) is 0 Å². The van der Waals surface area contributed by atoms with Crippen LogP contribution in [0, 0.1) is 0 Å². The van der Waals surface area contributed by atoms with Gasteiger partial charge in [0.15, 0.2) is 18.9 Å². The number of hydrogen-bond acceptors (Lipinski definition) is 19. The van der Waals surface area contributed by atoms with Crippen LogP contribution in [0.3, 0.4) is 0 Å². The van der Waals surface area contributed by atoms with Gasteiger partial charge in [0.2, 0.25) is 17.7 Å². The number of aliphatic hydroxyl groups is 6. The number of carbonyl (C=O) groups is 3. The first-order valence-corrected chi connectivity index (χ1v) is 21.6. The zero-order valence-electron chi connectivity index (χ0n) is 34.0. The molecule has 3 aliphatic heterocycles. The Morgan fingerprint density at radius 2 is 0.915 bits per heavy atom. The van der Waals surface area contributed by atoms with Gasteiger partial charge in [-0.2, -0.15) is 0 Å². The number of methoxy groups -OCH3 is 1. The number of ether oxygens (including phenoxy) is 8. The molecular weight excluding hydrogens is 813 g/mol. The van der Waals surface area contributed by atoms with E-state index in [0.29, 0.717) is 25.9 Å². The number of hydrogen-bond donors (Lipinski definition) is 10. The van der Waals surface area contributed by atoms with Crippen molar-refractivity contribution in [1.82, 2.24) is 16.0 Å². The molecule has 3 heterocycles. The van der Waals surface area contributed by atoms with Crippen molar-refractivity contribution in [3.63, 3.8) is 0 Å². The van der Waals surface area contributed by atoms with Crippen LogP contribution in [-0.2, 0) is 61.4 Å². The van der Waals surface area contributed by atoms with Crippen molar-refractivity contribution in [2.24, 2.45) is 0 Å². The maximum absolute atomic E-state index is 12.1. The van der Waals surface area contributed by atoms with E-state index in [1.165, 1.54) is 13.8 Å². The van der Waals surface area contributed by atoms with Gasteiger partial charge in [-0.05, 0) is 32.1 Å². The standard InChI is InChI=1S/C35H64N3O20P/c1-18(39)36-24-30(45)28(43)22(57-33(24)52-13-8-6-7-11-50-4)16-54-35-26(38-20(3)41)32(47)29(44)23(58-35)17-53-34-25(37-19(2)40)31(46)27(42)21(56-34)15-51-12-9-10-14-55-59(5,48)49/h21-35,42-47H,6-17H2,1-5H3,(H,36,39)(H,37,40)(H,38,41)(H,48,49). The number of nitrogens with one attached hydrogen (secondary N) is 3. The monoisotopic (exact) mass is 877 g/mol. The van der Waals surface area contributed by atoms with Gasteiger partial charge in [-0.25, -0.2) is 0 Å². The van der Waals surface area contributed by atoms with E-state index in [1.807, 2.05) is 0 Å². The van der Waals surface area contributed by atoms with Crippen molar-refractivity contribution in [1.29, 1.82) is 0 Å². The molecule has 59 heavy (non-hydrogen) atoms. The predicted molar refractivity (Wildman–Crippen MR) is 200 cm³/mol. The average molecular weight is 878 g/mol. The van der Waals surface area contributed by atoms with E-state index in [1.54, 1.807) is 7.11 Å². The van der Waals surface area contributed by atoms with Gasteiger partial charge >= 0.3 is 7.60 Å². The fourth-order valence-electron chi connectivity index (χ4n) is 6.64. The van der Waals surface area contributed by atoms with E-state index < -0.39 is 130 Å². The highest BCUT2D eigenvalue weighted by atomic mass is 31.2. The van der Waals surface area contributed by atoms with Crippen LogP contribution in [0.15, 0.2) is 0 Å². The lowest BCUT2D eigenvalue weighted by molar-refractivity contribution is -0.316. The Kier molecular flexibility index (Phi) is 21.9. The molecule has 23 nitrogen and oxygen atoms in total. The largest absolute Gasteiger partial charge is 0.388 e. The first kappa shape index (κ1) is 51.4. The minimum Gasteiger partial charge on any atom is -0.388 e. The first-order chi connectivity index (χ1) is 27.8. The molecule has 0 aromatic rings. The van der Waals surface area contributed by atoms with Crippen molar-refractivity contribution in [2.45, 2.75) is 145 Å². The predicted octanol–water partition coefficient (Wildman–Crippen LogP) is -3.66. The molecule has 16 unspecified atom stereocenters. The molecule has 3 aliphatic rings. The number of unbranched alkanes of at least 4 members (excludes halogenated alkanes) is 3. The van der Waals surface area contributed by atoms with Crippen LogP contribution in [-0.4, -0.2) is 205 Å². The molecule has 0 spiro atoms. The smallest absolute Gasteiger partial charge is 0.325 e. The van der Waals surface area contributed by atoms with Gasteiger partial charge in [-0.1, -0.05) is 0 Å². The Labute approximate surface area is 342 Å². The molecule has 0 aromatic carbocycles. The van der Waals surface area contributed by atoms with Crippen molar-refractivity contribution >= 4 is 25.3 Å². The Morgan fingerprint density at radius 3 is 1.32 bits per heavy atom. The van der Waals surface area contributed by atoms with Crippen LogP contribution < -0.4 is 16.0 Å². The average Bonchev–Trinajstić information content (AvgIpc) is 3.15. The van der Waals surface area contributed by atoms with Crippen molar-refractivity contribution in [3.8, 4) is 0 Å². The van der Waals surface area contributed by atoms with Crippen LogP contribution in [0.25, 0.3) is 0 Å². The Morgan fingerprint density at radius 1 is 0.542 bits per heavy atom. The van der Waals surface area contributed by atoms with Gasteiger partial charge < -0.3 is 93.9 Å². The van der Waals surface area contributed by atoms with E-state index in [9.17, 15) is 54.5 Å². The molecule has 0 bridgehead atoms. The molecule has 3 rings (SSSR count). The Bertz CT molecular complexity index is 1330. The highest BCUT2D eigenvalue weighted by Gasteiger charge is 2.50. The van der Waals surface area contributed by atoms with Gasteiger partial charge in [0, 0.05) is 54.4 Å². The molecular formula is C35H64N3O20P. The summed E-state index contributed by atoms with van der Waals surface area (Å²) in [6.45, 7) is 4.24. The summed E-state index contributed by atoms with van der Waals surface area (Å²) in [7, 11) is -2.02. The zero-order chi connectivity index (χ0) is 43.9. The SMILES string of the molecule is COCCCCCOC1OC(COC2OC(COC3OC(COCCCCOP(C)(=O)O)C(O)C(O)C3NC(C)=O)C(O)C(O)C2NC(C)=O)C(O)C(O)C1NC(C)=O. The number of carbonyl (C=O) groups excluding carboxylic acids is 3. The van der Waals surface area contributed by atoms with E-state index in [0.717, 1.165) is 26.4 Å². The second-order valence-corrected chi connectivity index (χ2v) is 16.6. The van der Waals surface area contributed by atoms with Crippen LogP contribution in [0.4, 0.5) is 0 Å². The highest BCUT2D eigenvalue weighted by molar-refractivity contribution is 7.51. The van der Waals surface area contributed by atoms with Crippen LogP contribution in [0.2, 0.25) is 0 Å². The van der Waals surface area contributed by atoms with E-state index in [4.69, 9.17) is 42.4 Å². The fourth-order valence-corrected chi connectivity index (χ4v) is 7.11. The molecule has 344 valence electrons. The summed E-state index contributed by atoms with van der Waals surface area (Å²) < 4.78 is 62.2. The summed E-state index contributed by atoms with van der Waals surface area (Å²) in [4.78, 5) is 45.3. The molecule has 16 atom stereocenters. The summed E-state index contributed by atoms with van der Waals surface area (Å²) in [6.07, 6.45) is -14.8. The van der Waals surface area contributed by atoms with Crippen molar-refractivity contribution in [2.75, 3.05) is 60.0 Å². The topological polar surface area (TPSA) is 329 Å². The molecule has 3 amide bonds. The van der Waals surface area contributed by atoms with Crippen molar-refractivity contribution in [3.05, 3.63) is 0 Å². The molecule has 3 fully saturated rings. The van der Waals surface area contributed by atoms with E-state index in [2.05, 4.69) is 16.0 Å². The second-order valence-electron chi connectivity index (χ2n) is 14.8. The summed E-state index contributed by atoms with van der Waals surface area (Å²) in [5.74, 6) is -1.72. The van der Waals surface area contributed by atoms with Crippen LogP contribution in [0.5, 0.6) is 0 Å². The third kappa shape index (κ3) is 16.7. The third-order valence-electron chi connectivity index (χ3n) is 9.63. The molecule has 0 aliphatic carbocycles. The molecule has 0 aromatic heterocycles. The summed E-state index contributed by atoms with van der Waals surface area (Å²) >= 11 is 0. The summed E-state index contributed by atoms with van der Waals surface area (Å²) in [6, 6.07) is -3.82. The number of amides is 3. The minimum atomic E-state index is -3.61. The molecule has 10 N–H and O–H groups in total. The Balaban J connectivity index is 1.69. The highest BCUT2D eigenvalue weighted by Crippen LogP contribution is 2.36. The normalized spacial score (nSPS) is 36.0. The quantitative estimate of drug-likeness (QED) is 0.0330. The molecule has 0 saturated carbocycles. The Hall–Kier alpha value is -2.00. The zero-order valence-corrected chi connectivity index (χ0v) is 34.9. The summed E-state index contributed by atoms with van der Waals surface area (Å²) in [5.41, 5.74) is 0. The van der Waals surface area contributed by atoms with Crippen LogP contribution >= 0.6 is 7.60 Å². The van der Waals surface area contributed by atoms with E-state index >= 15 is 0 Å².